The van der Waals surface area contributed by atoms with Crippen molar-refractivity contribution in [3.63, 3.8) is 0 Å². The van der Waals surface area contributed by atoms with E-state index >= 15 is 0 Å². The first-order valence-electron chi connectivity index (χ1n) is 3.77. The zero-order valence-electron chi connectivity index (χ0n) is 6.89. The fourth-order valence-corrected chi connectivity index (χ4v) is 0.899. The summed E-state index contributed by atoms with van der Waals surface area (Å²) in [5.41, 5.74) is 0. The van der Waals surface area contributed by atoms with Crippen molar-refractivity contribution in [3.8, 4) is 0 Å². The number of aliphatic hydroxyl groups is 1. The van der Waals surface area contributed by atoms with Crippen LogP contribution in [-0.4, -0.2) is 11.2 Å². The summed E-state index contributed by atoms with van der Waals surface area (Å²) in [6.45, 7) is 8.30. The van der Waals surface area contributed by atoms with Crippen LogP contribution in [0.3, 0.4) is 0 Å². The molecule has 2 atom stereocenters. The number of rotatable bonds is 3. The monoisotopic (exact) mass is 130 g/mol. The van der Waals surface area contributed by atoms with Gasteiger partial charge in [-0.25, -0.2) is 0 Å². The van der Waals surface area contributed by atoms with Gasteiger partial charge >= 0.3 is 0 Å². The standard InChI is InChI=1S/C8H18O/c1-5-7(4)8(9)6(2)3/h6-9H,5H2,1-4H3/t7-,8-/m0/s1. The summed E-state index contributed by atoms with van der Waals surface area (Å²) in [4.78, 5) is 0. The Morgan fingerprint density at radius 1 is 1.22 bits per heavy atom. The van der Waals surface area contributed by atoms with Crippen molar-refractivity contribution in [2.75, 3.05) is 0 Å². The first-order chi connectivity index (χ1) is 4.09. The Hall–Kier alpha value is -0.0400. The van der Waals surface area contributed by atoms with Gasteiger partial charge in [0.05, 0.1) is 6.10 Å². The Morgan fingerprint density at radius 3 is 1.78 bits per heavy atom. The molecule has 0 aliphatic rings. The van der Waals surface area contributed by atoms with E-state index in [9.17, 15) is 5.11 Å². The molecule has 1 nitrogen and oxygen atoms in total. The zero-order chi connectivity index (χ0) is 7.44. The Morgan fingerprint density at radius 2 is 1.67 bits per heavy atom. The van der Waals surface area contributed by atoms with Crippen LogP contribution in [-0.2, 0) is 0 Å². The van der Waals surface area contributed by atoms with Crippen molar-refractivity contribution >= 4 is 0 Å². The predicted octanol–water partition coefficient (Wildman–Crippen LogP) is 2.05. The highest BCUT2D eigenvalue weighted by atomic mass is 16.3. The number of hydrogen-bond acceptors (Lipinski definition) is 1. The van der Waals surface area contributed by atoms with E-state index in [0.29, 0.717) is 11.8 Å². The van der Waals surface area contributed by atoms with E-state index in [0.717, 1.165) is 6.42 Å². The molecule has 0 aromatic carbocycles. The lowest BCUT2D eigenvalue weighted by Gasteiger charge is -2.20. The second-order valence-corrected chi connectivity index (χ2v) is 3.12. The van der Waals surface area contributed by atoms with E-state index < -0.39 is 0 Å². The Labute approximate surface area is 58.1 Å². The van der Waals surface area contributed by atoms with Crippen LogP contribution in [0.15, 0.2) is 0 Å². The Balaban J connectivity index is 3.58. The molecule has 0 saturated carbocycles. The summed E-state index contributed by atoms with van der Waals surface area (Å²) in [5.74, 6) is 0.852. The second-order valence-electron chi connectivity index (χ2n) is 3.12. The molecule has 0 aliphatic carbocycles. The van der Waals surface area contributed by atoms with Crippen molar-refractivity contribution in [1.82, 2.24) is 0 Å². The second kappa shape index (κ2) is 3.89. The topological polar surface area (TPSA) is 20.2 Å². The van der Waals surface area contributed by atoms with Gasteiger partial charge in [-0.15, -0.1) is 0 Å². The molecule has 0 unspecified atom stereocenters. The van der Waals surface area contributed by atoms with Gasteiger partial charge in [-0.3, -0.25) is 0 Å². The maximum atomic E-state index is 9.39. The van der Waals surface area contributed by atoms with Crippen molar-refractivity contribution < 1.29 is 5.11 Å². The number of hydrogen-bond donors (Lipinski definition) is 1. The fraction of sp³-hybridized carbons (Fsp3) is 1.00. The SMILES string of the molecule is CC[C@H](C)[C@@H](O)C(C)C. The molecule has 1 N–H and O–H groups in total. The van der Waals surface area contributed by atoms with Crippen LogP contribution in [0.4, 0.5) is 0 Å². The molecule has 0 heterocycles. The molecule has 0 bridgehead atoms. The van der Waals surface area contributed by atoms with Crippen LogP contribution < -0.4 is 0 Å². The van der Waals surface area contributed by atoms with E-state index in [4.69, 9.17) is 0 Å². The van der Waals surface area contributed by atoms with Gasteiger partial charge in [-0.2, -0.15) is 0 Å². The minimum absolute atomic E-state index is 0.116. The van der Waals surface area contributed by atoms with Crippen LogP contribution in [0.1, 0.15) is 34.1 Å². The maximum absolute atomic E-state index is 9.39. The molecule has 0 amide bonds. The largest absolute Gasteiger partial charge is 0.393 e. The highest BCUT2D eigenvalue weighted by molar-refractivity contribution is 4.65. The predicted molar refractivity (Wildman–Crippen MR) is 40.3 cm³/mol. The Bertz CT molecular complexity index is 69.0. The third kappa shape index (κ3) is 2.85. The molecule has 0 rings (SSSR count). The molecule has 1 heteroatoms. The van der Waals surface area contributed by atoms with Gasteiger partial charge in [0.2, 0.25) is 0 Å². The van der Waals surface area contributed by atoms with Gasteiger partial charge in [0, 0.05) is 0 Å². The van der Waals surface area contributed by atoms with Gasteiger partial charge in [0.25, 0.3) is 0 Å². The minimum atomic E-state index is -0.116. The van der Waals surface area contributed by atoms with E-state index in [-0.39, 0.29) is 6.10 Å². The molecule has 0 aromatic rings. The summed E-state index contributed by atoms with van der Waals surface area (Å²) in [6.07, 6.45) is 0.953. The van der Waals surface area contributed by atoms with Crippen LogP contribution in [0, 0.1) is 11.8 Å². The third-order valence-electron chi connectivity index (χ3n) is 1.91. The molecule has 9 heavy (non-hydrogen) atoms. The molecule has 0 spiro atoms. The van der Waals surface area contributed by atoms with Crippen molar-refractivity contribution in [3.05, 3.63) is 0 Å². The van der Waals surface area contributed by atoms with Crippen molar-refractivity contribution in [2.24, 2.45) is 11.8 Å². The third-order valence-corrected chi connectivity index (χ3v) is 1.91. The van der Waals surface area contributed by atoms with E-state index in [1.807, 2.05) is 0 Å². The van der Waals surface area contributed by atoms with E-state index in [1.165, 1.54) is 0 Å². The summed E-state index contributed by atoms with van der Waals surface area (Å²) < 4.78 is 0. The fourth-order valence-electron chi connectivity index (χ4n) is 0.899. The zero-order valence-corrected chi connectivity index (χ0v) is 6.89. The van der Waals surface area contributed by atoms with Gasteiger partial charge in [0.15, 0.2) is 0 Å². The van der Waals surface area contributed by atoms with Crippen molar-refractivity contribution in [1.29, 1.82) is 0 Å². The summed E-state index contributed by atoms with van der Waals surface area (Å²) in [6, 6.07) is 0. The number of aliphatic hydroxyl groups excluding tert-OH is 1. The Kier molecular flexibility index (Phi) is 3.87. The smallest absolute Gasteiger partial charge is 0.0588 e. The highest BCUT2D eigenvalue weighted by Crippen LogP contribution is 2.14. The highest BCUT2D eigenvalue weighted by Gasteiger charge is 2.14. The molecule has 0 aromatic heterocycles. The molecule has 0 aliphatic heterocycles. The van der Waals surface area contributed by atoms with Crippen LogP contribution in [0.25, 0.3) is 0 Å². The summed E-state index contributed by atoms with van der Waals surface area (Å²) in [5, 5.41) is 9.39. The lowest BCUT2D eigenvalue weighted by molar-refractivity contribution is 0.0707. The first kappa shape index (κ1) is 8.96. The van der Waals surface area contributed by atoms with E-state index in [2.05, 4.69) is 27.7 Å². The first-order valence-corrected chi connectivity index (χ1v) is 3.77. The lowest BCUT2D eigenvalue weighted by Crippen LogP contribution is -2.22. The van der Waals surface area contributed by atoms with Crippen molar-refractivity contribution in [2.45, 2.75) is 40.2 Å². The van der Waals surface area contributed by atoms with Gasteiger partial charge in [-0.05, 0) is 11.8 Å². The maximum Gasteiger partial charge on any atom is 0.0588 e. The summed E-state index contributed by atoms with van der Waals surface area (Å²) >= 11 is 0. The molecule has 56 valence electrons. The van der Waals surface area contributed by atoms with Gasteiger partial charge in [-0.1, -0.05) is 34.1 Å². The molecule has 0 radical (unpaired) electrons. The van der Waals surface area contributed by atoms with Crippen LogP contribution in [0.2, 0.25) is 0 Å². The average molecular weight is 130 g/mol. The molecular formula is C8H18O. The van der Waals surface area contributed by atoms with Gasteiger partial charge < -0.3 is 5.11 Å². The summed E-state index contributed by atoms with van der Waals surface area (Å²) in [7, 11) is 0. The van der Waals surface area contributed by atoms with Crippen LogP contribution >= 0.6 is 0 Å². The normalized spacial score (nSPS) is 18.0. The van der Waals surface area contributed by atoms with E-state index in [1.54, 1.807) is 0 Å². The quantitative estimate of drug-likeness (QED) is 0.620. The molecule has 0 saturated heterocycles. The molecular weight excluding hydrogens is 112 g/mol. The van der Waals surface area contributed by atoms with Crippen LogP contribution in [0.5, 0.6) is 0 Å². The van der Waals surface area contributed by atoms with Gasteiger partial charge in [0.1, 0.15) is 0 Å². The average Bonchev–Trinajstić information content (AvgIpc) is 1.84. The lowest BCUT2D eigenvalue weighted by atomic mass is 9.93. The minimum Gasteiger partial charge on any atom is -0.393 e. The molecule has 0 fully saturated rings.